The fraction of sp³-hybridized carbons (Fsp3) is 0.182. The highest BCUT2D eigenvalue weighted by molar-refractivity contribution is 7.89. The monoisotopic (exact) mass is 447 g/mol. The molecule has 0 amide bonds. The van der Waals surface area contributed by atoms with Crippen molar-refractivity contribution in [3.63, 3.8) is 0 Å². The number of nitrogens with one attached hydrogen (secondary N) is 1. The Hall–Kier alpha value is -2.74. The van der Waals surface area contributed by atoms with Gasteiger partial charge in [-0.1, -0.05) is 41.9 Å². The third-order valence-corrected chi connectivity index (χ3v) is 6.26. The standard InChI is InChI=1S/C22H22ClNO5S/c1-27-17-13-19(28-2)21(20(14-17)29-3)22(15-9-11-16(23)12-10-15)24-30(25,26)18-7-5-4-6-8-18/h4-14,22,24H,1-3H3. The van der Waals surface area contributed by atoms with Crippen LogP contribution >= 0.6 is 11.6 Å². The Balaban J connectivity index is 2.20. The predicted octanol–water partition coefficient (Wildman–Crippen LogP) is 4.43. The summed E-state index contributed by atoms with van der Waals surface area (Å²) in [6.07, 6.45) is 0. The minimum absolute atomic E-state index is 0.149. The van der Waals surface area contributed by atoms with E-state index >= 15 is 0 Å². The van der Waals surface area contributed by atoms with Crippen LogP contribution in [-0.4, -0.2) is 29.7 Å². The van der Waals surface area contributed by atoms with E-state index in [0.717, 1.165) is 0 Å². The van der Waals surface area contributed by atoms with E-state index in [0.29, 0.717) is 33.4 Å². The van der Waals surface area contributed by atoms with Gasteiger partial charge in [-0.15, -0.1) is 0 Å². The summed E-state index contributed by atoms with van der Waals surface area (Å²) in [5.74, 6) is 1.36. The van der Waals surface area contributed by atoms with Crippen molar-refractivity contribution >= 4 is 21.6 Å². The quantitative estimate of drug-likeness (QED) is 0.552. The van der Waals surface area contributed by atoms with Crippen molar-refractivity contribution in [2.75, 3.05) is 21.3 Å². The molecule has 30 heavy (non-hydrogen) atoms. The van der Waals surface area contributed by atoms with Gasteiger partial charge < -0.3 is 14.2 Å². The second-order valence-electron chi connectivity index (χ2n) is 6.36. The van der Waals surface area contributed by atoms with Crippen molar-refractivity contribution in [2.24, 2.45) is 0 Å². The van der Waals surface area contributed by atoms with Crippen molar-refractivity contribution in [1.29, 1.82) is 0 Å². The molecule has 1 atom stereocenters. The van der Waals surface area contributed by atoms with E-state index < -0.39 is 16.1 Å². The van der Waals surface area contributed by atoms with E-state index in [1.165, 1.54) is 33.5 Å². The molecule has 1 N–H and O–H groups in total. The van der Waals surface area contributed by atoms with Crippen molar-refractivity contribution < 1.29 is 22.6 Å². The number of rotatable bonds is 8. The molecule has 0 radical (unpaired) electrons. The Kier molecular flexibility index (Phi) is 6.87. The minimum atomic E-state index is -3.86. The van der Waals surface area contributed by atoms with Crippen LogP contribution in [0.25, 0.3) is 0 Å². The van der Waals surface area contributed by atoms with Gasteiger partial charge in [-0.2, -0.15) is 4.72 Å². The second kappa shape index (κ2) is 9.38. The molecule has 0 spiro atoms. The van der Waals surface area contributed by atoms with Crippen LogP contribution in [0.15, 0.2) is 71.6 Å². The lowest BCUT2D eigenvalue weighted by Gasteiger charge is -2.24. The Labute approximate surface area is 181 Å². The zero-order chi connectivity index (χ0) is 21.7. The molecule has 0 heterocycles. The summed E-state index contributed by atoms with van der Waals surface area (Å²) in [7, 11) is 0.678. The maximum absolute atomic E-state index is 13.1. The molecule has 8 heteroatoms. The summed E-state index contributed by atoms with van der Waals surface area (Å²) < 4.78 is 45.5. The molecule has 1 unspecified atom stereocenters. The molecule has 6 nitrogen and oxygen atoms in total. The average Bonchev–Trinajstić information content (AvgIpc) is 2.77. The van der Waals surface area contributed by atoms with E-state index in [1.54, 1.807) is 54.6 Å². The Morgan fingerprint density at radius 1 is 0.833 bits per heavy atom. The molecule has 0 saturated heterocycles. The molecule has 0 aliphatic carbocycles. The zero-order valence-electron chi connectivity index (χ0n) is 16.8. The maximum atomic E-state index is 13.1. The summed E-state index contributed by atoms with van der Waals surface area (Å²) in [6.45, 7) is 0. The average molecular weight is 448 g/mol. The normalized spacial score (nSPS) is 12.3. The van der Waals surface area contributed by atoms with Gasteiger partial charge >= 0.3 is 0 Å². The first-order valence-corrected chi connectivity index (χ1v) is 10.9. The topological polar surface area (TPSA) is 73.9 Å². The Bertz CT molecular complexity index is 1080. The van der Waals surface area contributed by atoms with Gasteiger partial charge in [-0.25, -0.2) is 8.42 Å². The molecule has 0 aromatic heterocycles. The van der Waals surface area contributed by atoms with Crippen molar-refractivity contribution in [1.82, 2.24) is 4.72 Å². The number of methoxy groups -OCH3 is 3. The molecule has 3 aromatic rings. The smallest absolute Gasteiger partial charge is 0.241 e. The molecule has 158 valence electrons. The third kappa shape index (κ3) is 4.70. The van der Waals surface area contributed by atoms with Crippen molar-refractivity contribution in [2.45, 2.75) is 10.9 Å². The highest BCUT2D eigenvalue weighted by atomic mass is 35.5. The van der Waals surface area contributed by atoms with Gasteiger partial charge in [0.25, 0.3) is 0 Å². The van der Waals surface area contributed by atoms with Gasteiger partial charge in [0, 0.05) is 17.2 Å². The minimum Gasteiger partial charge on any atom is -0.496 e. The Morgan fingerprint density at radius 2 is 1.40 bits per heavy atom. The SMILES string of the molecule is COc1cc(OC)c(C(NS(=O)(=O)c2ccccc2)c2ccc(Cl)cc2)c(OC)c1. The molecule has 0 fully saturated rings. The first-order valence-electron chi connectivity index (χ1n) is 9.02. The van der Waals surface area contributed by atoms with Gasteiger partial charge in [0.2, 0.25) is 10.0 Å². The number of sulfonamides is 1. The summed E-state index contributed by atoms with van der Waals surface area (Å²) >= 11 is 6.04. The molecule has 3 rings (SSSR count). The fourth-order valence-electron chi connectivity index (χ4n) is 3.09. The van der Waals surface area contributed by atoms with Crippen LogP contribution < -0.4 is 18.9 Å². The number of ether oxygens (including phenoxy) is 3. The highest BCUT2D eigenvalue weighted by Crippen LogP contribution is 2.41. The van der Waals surface area contributed by atoms with Crippen LogP contribution in [0, 0.1) is 0 Å². The number of hydrogen-bond donors (Lipinski definition) is 1. The number of halogens is 1. The first-order chi connectivity index (χ1) is 14.4. The first kappa shape index (κ1) is 22.0. The lowest BCUT2D eigenvalue weighted by Crippen LogP contribution is -2.30. The van der Waals surface area contributed by atoms with Crippen LogP contribution in [0.1, 0.15) is 17.2 Å². The van der Waals surface area contributed by atoms with E-state index in [-0.39, 0.29) is 4.90 Å². The van der Waals surface area contributed by atoms with Crippen LogP contribution in [0.5, 0.6) is 17.2 Å². The van der Waals surface area contributed by atoms with Gasteiger partial charge in [0.15, 0.2) is 0 Å². The lowest BCUT2D eigenvalue weighted by atomic mass is 9.97. The summed E-state index contributed by atoms with van der Waals surface area (Å²) in [5.41, 5.74) is 1.18. The van der Waals surface area contributed by atoms with Crippen LogP contribution in [-0.2, 0) is 10.0 Å². The molecular weight excluding hydrogens is 426 g/mol. The van der Waals surface area contributed by atoms with Crippen LogP contribution in [0.4, 0.5) is 0 Å². The van der Waals surface area contributed by atoms with E-state index in [9.17, 15) is 8.42 Å². The van der Waals surface area contributed by atoms with E-state index in [1.807, 2.05) is 0 Å². The van der Waals surface area contributed by atoms with E-state index in [4.69, 9.17) is 25.8 Å². The predicted molar refractivity (Wildman–Crippen MR) is 116 cm³/mol. The van der Waals surface area contributed by atoms with Gasteiger partial charge in [0.1, 0.15) is 17.2 Å². The Morgan fingerprint density at radius 3 is 1.90 bits per heavy atom. The fourth-order valence-corrected chi connectivity index (χ4v) is 4.43. The summed E-state index contributed by atoms with van der Waals surface area (Å²) in [5, 5.41) is 0.539. The van der Waals surface area contributed by atoms with Gasteiger partial charge in [-0.05, 0) is 29.8 Å². The van der Waals surface area contributed by atoms with Gasteiger partial charge in [-0.3, -0.25) is 0 Å². The molecule has 0 aliphatic heterocycles. The van der Waals surface area contributed by atoms with Crippen LogP contribution in [0.3, 0.4) is 0 Å². The molecule has 3 aromatic carbocycles. The number of benzene rings is 3. The zero-order valence-corrected chi connectivity index (χ0v) is 18.3. The molecule has 0 bridgehead atoms. The van der Waals surface area contributed by atoms with Gasteiger partial charge in [0.05, 0.1) is 37.8 Å². The van der Waals surface area contributed by atoms with Crippen molar-refractivity contribution in [3.8, 4) is 17.2 Å². The molecule has 0 aliphatic rings. The van der Waals surface area contributed by atoms with Crippen LogP contribution in [0.2, 0.25) is 5.02 Å². The molecular formula is C22H22ClNO5S. The second-order valence-corrected chi connectivity index (χ2v) is 8.51. The molecule has 0 saturated carbocycles. The summed E-state index contributed by atoms with van der Waals surface area (Å²) in [6, 6.07) is 17.6. The summed E-state index contributed by atoms with van der Waals surface area (Å²) in [4.78, 5) is 0.149. The number of hydrogen-bond acceptors (Lipinski definition) is 5. The lowest BCUT2D eigenvalue weighted by molar-refractivity contribution is 0.365. The van der Waals surface area contributed by atoms with E-state index in [2.05, 4.69) is 4.72 Å². The van der Waals surface area contributed by atoms with Crippen molar-refractivity contribution in [3.05, 3.63) is 82.9 Å². The highest BCUT2D eigenvalue weighted by Gasteiger charge is 2.29. The third-order valence-electron chi connectivity index (χ3n) is 4.57. The largest absolute Gasteiger partial charge is 0.496 e. The maximum Gasteiger partial charge on any atom is 0.241 e.